The average molecular weight is 381 g/mol. The largest absolute Gasteiger partial charge is 0.507 e. The fourth-order valence-corrected chi connectivity index (χ4v) is 3.44. The number of likely N-dealkylation sites (tertiary alicyclic amines) is 1. The number of aliphatic hydroxyl groups excluding tert-OH is 2. The van der Waals surface area contributed by atoms with E-state index in [2.05, 4.69) is 0 Å². The molecule has 2 aromatic carbocycles. The maximum absolute atomic E-state index is 12.8. The predicted octanol–water partition coefficient (Wildman–Crippen LogP) is 2.81. The zero-order valence-corrected chi connectivity index (χ0v) is 16.0. The van der Waals surface area contributed by atoms with E-state index in [4.69, 9.17) is 4.74 Å². The van der Waals surface area contributed by atoms with Crippen LogP contribution >= 0.6 is 0 Å². The van der Waals surface area contributed by atoms with Crippen LogP contribution in [-0.4, -0.2) is 46.6 Å². The van der Waals surface area contributed by atoms with Gasteiger partial charge in [-0.05, 0) is 19.9 Å². The molecule has 2 aromatic rings. The van der Waals surface area contributed by atoms with Crippen LogP contribution in [0.3, 0.4) is 0 Å². The second kappa shape index (κ2) is 7.86. The Kier molecular flexibility index (Phi) is 5.51. The second-order valence-corrected chi connectivity index (χ2v) is 6.91. The quantitative estimate of drug-likeness (QED) is 0.472. The first-order chi connectivity index (χ1) is 13.3. The maximum atomic E-state index is 12.8. The molecule has 2 atom stereocenters. The van der Waals surface area contributed by atoms with Gasteiger partial charge in [0, 0.05) is 17.7 Å². The van der Waals surface area contributed by atoms with Crippen LogP contribution in [0.15, 0.2) is 54.1 Å². The Balaban J connectivity index is 2.23. The fraction of sp³-hybridized carbons (Fsp3) is 0.273. The van der Waals surface area contributed by atoms with Crippen molar-refractivity contribution in [3.05, 3.63) is 70.8 Å². The van der Waals surface area contributed by atoms with E-state index in [9.17, 15) is 19.8 Å². The summed E-state index contributed by atoms with van der Waals surface area (Å²) in [5.74, 6) is -1.30. The van der Waals surface area contributed by atoms with Crippen LogP contribution in [0.1, 0.15) is 29.7 Å². The van der Waals surface area contributed by atoms with E-state index >= 15 is 0 Å². The van der Waals surface area contributed by atoms with Crippen molar-refractivity contribution in [2.75, 3.05) is 13.7 Å². The standard InChI is InChI=1S/C22H23NO5/c1-13-8-10-15(11-9-13)20(25)18-19(16-6-4-5-7-17(16)28-3)23(12-14(2)24)22(27)21(18)26/h4-11,14,19,24-25H,12H2,1-3H3. The van der Waals surface area contributed by atoms with Gasteiger partial charge in [-0.1, -0.05) is 48.0 Å². The SMILES string of the molecule is COc1ccccc1C1C(=C(O)c2ccc(C)cc2)C(=O)C(=O)N1CC(C)O. The number of ether oxygens (including phenoxy) is 1. The number of Topliss-reactive ketones (excluding diaryl/α,β-unsaturated/α-hetero) is 1. The van der Waals surface area contributed by atoms with Crippen molar-refractivity contribution in [3.63, 3.8) is 0 Å². The third-order valence-electron chi connectivity index (χ3n) is 4.76. The van der Waals surface area contributed by atoms with Crippen molar-refractivity contribution in [1.82, 2.24) is 4.90 Å². The Bertz CT molecular complexity index is 930. The third-order valence-corrected chi connectivity index (χ3v) is 4.76. The van der Waals surface area contributed by atoms with Gasteiger partial charge >= 0.3 is 0 Å². The molecule has 2 unspecified atom stereocenters. The van der Waals surface area contributed by atoms with Crippen LogP contribution in [0, 0.1) is 6.92 Å². The number of ketones is 1. The molecule has 0 bridgehead atoms. The zero-order chi connectivity index (χ0) is 20.4. The monoisotopic (exact) mass is 381 g/mol. The summed E-state index contributed by atoms with van der Waals surface area (Å²) in [5.41, 5.74) is 2.01. The van der Waals surface area contributed by atoms with E-state index in [1.165, 1.54) is 12.0 Å². The van der Waals surface area contributed by atoms with E-state index in [0.29, 0.717) is 16.9 Å². The Morgan fingerprint density at radius 2 is 1.79 bits per heavy atom. The maximum Gasteiger partial charge on any atom is 0.295 e. The molecule has 3 rings (SSSR count). The average Bonchev–Trinajstić information content (AvgIpc) is 2.92. The molecule has 0 saturated carbocycles. The van der Waals surface area contributed by atoms with Crippen molar-refractivity contribution in [1.29, 1.82) is 0 Å². The van der Waals surface area contributed by atoms with Crippen LogP contribution < -0.4 is 4.74 Å². The van der Waals surface area contributed by atoms with Crippen molar-refractivity contribution < 1.29 is 24.5 Å². The zero-order valence-electron chi connectivity index (χ0n) is 16.0. The highest BCUT2D eigenvalue weighted by Crippen LogP contribution is 2.42. The number of nitrogens with zero attached hydrogens (tertiary/aromatic N) is 1. The normalized spacial score (nSPS) is 19.7. The van der Waals surface area contributed by atoms with Crippen LogP contribution in [-0.2, 0) is 9.59 Å². The van der Waals surface area contributed by atoms with Crippen LogP contribution in [0.2, 0.25) is 0 Å². The number of benzene rings is 2. The molecule has 0 spiro atoms. The number of para-hydroxylation sites is 1. The Morgan fingerprint density at radius 1 is 1.14 bits per heavy atom. The summed E-state index contributed by atoms with van der Waals surface area (Å²) in [4.78, 5) is 26.8. The summed E-state index contributed by atoms with van der Waals surface area (Å²) in [6, 6.07) is 13.2. The number of hydrogen-bond donors (Lipinski definition) is 2. The molecule has 1 aliphatic rings. The van der Waals surface area contributed by atoms with Gasteiger partial charge in [0.1, 0.15) is 11.5 Å². The lowest BCUT2D eigenvalue weighted by atomic mass is 9.94. The minimum absolute atomic E-state index is 0.0148. The highest BCUT2D eigenvalue weighted by molar-refractivity contribution is 6.46. The van der Waals surface area contributed by atoms with Gasteiger partial charge in [0.2, 0.25) is 0 Å². The van der Waals surface area contributed by atoms with Crippen LogP contribution in [0.5, 0.6) is 5.75 Å². The summed E-state index contributed by atoms with van der Waals surface area (Å²) in [7, 11) is 1.50. The number of β-amino-alcohol motifs (C(OH)–C–C–N with tert-alkyl or cyclic N) is 1. The molecule has 146 valence electrons. The minimum Gasteiger partial charge on any atom is -0.507 e. The van der Waals surface area contributed by atoms with Gasteiger partial charge in [0.25, 0.3) is 11.7 Å². The third kappa shape index (κ3) is 3.51. The van der Waals surface area contributed by atoms with Gasteiger partial charge in [0.05, 0.1) is 24.8 Å². The van der Waals surface area contributed by atoms with Gasteiger partial charge in [-0.15, -0.1) is 0 Å². The summed E-state index contributed by atoms with van der Waals surface area (Å²) < 4.78 is 5.42. The summed E-state index contributed by atoms with van der Waals surface area (Å²) in [6.07, 6.45) is -0.838. The highest BCUT2D eigenvalue weighted by Gasteiger charge is 2.47. The summed E-state index contributed by atoms with van der Waals surface area (Å²) in [5, 5.41) is 20.8. The van der Waals surface area contributed by atoms with Crippen molar-refractivity contribution >= 4 is 17.4 Å². The summed E-state index contributed by atoms with van der Waals surface area (Å²) in [6.45, 7) is 3.41. The van der Waals surface area contributed by atoms with E-state index in [0.717, 1.165) is 5.56 Å². The van der Waals surface area contributed by atoms with E-state index < -0.39 is 23.8 Å². The fourth-order valence-electron chi connectivity index (χ4n) is 3.44. The smallest absolute Gasteiger partial charge is 0.295 e. The van der Waals surface area contributed by atoms with Gasteiger partial charge in [-0.2, -0.15) is 0 Å². The molecule has 1 heterocycles. The van der Waals surface area contributed by atoms with Gasteiger partial charge in [0.15, 0.2) is 0 Å². The van der Waals surface area contributed by atoms with E-state index in [-0.39, 0.29) is 17.9 Å². The molecule has 6 nitrogen and oxygen atoms in total. The first kappa shape index (κ1) is 19.6. The van der Waals surface area contributed by atoms with Crippen molar-refractivity contribution in [3.8, 4) is 5.75 Å². The van der Waals surface area contributed by atoms with Crippen LogP contribution in [0.4, 0.5) is 0 Å². The first-order valence-corrected chi connectivity index (χ1v) is 9.01. The molecule has 1 amide bonds. The molecule has 1 fully saturated rings. The first-order valence-electron chi connectivity index (χ1n) is 9.01. The highest BCUT2D eigenvalue weighted by atomic mass is 16.5. The lowest BCUT2D eigenvalue weighted by molar-refractivity contribution is -0.140. The Hall–Kier alpha value is -3.12. The molecule has 0 aliphatic carbocycles. The van der Waals surface area contributed by atoms with Gasteiger partial charge in [-0.3, -0.25) is 9.59 Å². The molecule has 2 N–H and O–H groups in total. The van der Waals surface area contributed by atoms with Crippen LogP contribution in [0.25, 0.3) is 5.76 Å². The topological polar surface area (TPSA) is 87.1 Å². The minimum atomic E-state index is -0.855. The number of amides is 1. The van der Waals surface area contributed by atoms with Gasteiger partial charge < -0.3 is 19.8 Å². The molecule has 6 heteroatoms. The predicted molar refractivity (Wildman–Crippen MR) is 105 cm³/mol. The van der Waals surface area contributed by atoms with Gasteiger partial charge in [-0.25, -0.2) is 0 Å². The van der Waals surface area contributed by atoms with E-state index in [1.807, 2.05) is 19.1 Å². The number of carbonyl (C=O) groups is 2. The summed E-state index contributed by atoms with van der Waals surface area (Å²) >= 11 is 0. The van der Waals surface area contributed by atoms with Crippen molar-refractivity contribution in [2.45, 2.75) is 26.0 Å². The molecule has 1 aliphatic heterocycles. The second-order valence-electron chi connectivity index (χ2n) is 6.91. The van der Waals surface area contributed by atoms with Crippen molar-refractivity contribution in [2.24, 2.45) is 0 Å². The molecule has 0 aromatic heterocycles. The Labute approximate surface area is 163 Å². The number of methoxy groups -OCH3 is 1. The Morgan fingerprint density at radius 3 is 2.39 bits per heavy atom. The number of aliphatic hydroxyl groups is 2. The lowest BCUT2D eigenvalue weighted by Gasteiger charge is -2.27. The number of carbonyl (C=O) groups excluding carboxylic acids is 2. The molecular formula is C22H23NO5. The molecule has 28 heavy (non-hydrogen) atoms. The number of hydrogen-bond acceptors (Lipinski definition) is 5. The lowest BCUT2D eigenvalue weighted by Crippen LogP contribution is -2.35. The molecular weight excluding hydrogens is 358 g/mol. The van der Waals surface area contributed by atoms with E-state index in [1.54, 1.807) is 43.3 Å². The molecule has 1 saturated heterocycles. The number of aryl methyl sites for hydroxylation is 1. The number of rotatable bonds is 5. The molecule has 0 radical (unpaired) electrons.